The average molecular weight is 544 g/mol. The Balaban J connectivity index is 1.59. The Hall–Kier alpha value is -3.38. The van der Waals surface area contributed by atoms with E-state index in [1.54, 1.807) is 0 Å². The van der Waals surface area contributed by atoms with E-state index in [0.717, 1.165) is 44.2 Å². The van der Waals surface area contributed by atoms with Crippen molar-refractivity contribution in [3.8, 4) is 0 Å². The van der Waals surface area contributed by atoms with Crippen molar-refractivity contribution in [2.24, 2.45) is 5.92 Å². The number of amides is 2. The van der Waals surface area contributed by atoms with Crippen LogP contribution < -0.4 is 5.32 Å². The SMILES string of the molecule is CCC(C)C(C(=O)NCc1cccc(Br)c1)N1C(=O)c2ccccc2C1c1c(C)[nH]c2ccccc12. The van der Waals surface area contributed by atoms with Gasteiger partial charge >= 0.3 is 0 Å². The molecule has 1 aliphatic heterocycles. The lowest BCUT2D eigenvalue weighted by Crippen LogP contribution is -2.51. The largest absolute Gasteiger partial charge is 0.358 e. The van der Waals surface area contributed by atoms with Crippen molar-refractivity contribution in [3.05, 3.63) is 105 Å². The molecule has 0 aliphatic carbocycles. The molecule has 1 aliphatic rings. The second-order valence-electron chi connectivity index (χ2n) is 9.59. The van der Waals surface area contributed by atoms with Gasteiger partial charge in [0.25, 0.3) is 5.91 Å². The number of H-pyrrole nitrogens is 1. The highest BCUT2D eigenvalue weighted by atomic mass is 79.9. The number of aromatic amines is 1. The van der Waals surface area contributed by atoms with E-state index < -0.39 is 6.04 Å². The number of hydrogen-bond acceptors (Lipinski definition) is 2. The molecule has 4 aromatic rings. The molecule has 0 saturated carbocycles. The van der Waals surface area contributed by atoms with E-state index in [1.165, 1.54) is 0 Å². The standard InChI is InChI=1S/C30H30BrN3O2/c1-4-18(2)27(29(35)32-17-20-10-9-11-21(31)16-20)34-28(22-12-5-6-13-23(22)30(34)36)26-19(3)33-25-15-8-7-14-24(25)26/h5-16,18,27-28,33H,4,17H2,1-3H3,(H,32,35). The van der Waals surface area contributed by atoms with E-state index in [1.807, 2.05) is 72.5 Å². The van der Waals surface area contributed by atoms with Crippen LogP contribution in [0.2, 0.25) is 0 Å². The number of aryl methyl sites for hydroxylation is 1. The molecule has 3 unspecified atom stereocenters. The topological polar surface area (TPSA) is 65.2 Å². The summed E-state index contributed by atoms with van der Waals surface area (Å²) in [6.45, 7) is 6.57. The average Bonchev–Trinajstić information content (AvgIpc) is 3.36. The second-order valence-corrected chi connectivity index (χ2v) is 10.5. The van der Waals surface area contributed by atoms with E-state index in [0.29, 0.717) is 12.1 Å². The summed E-state index contributed by atoms with van der Waals surface area (Å²) in [5.74, 6) is -0.255. The molecule has 0 spiro atoms. The summed E-state index contributed by atoms with van der Waals surface area (Å²) < 4.78 is 0.966. The molecule has 6 heteroatoms. The van der Waals surface area contributed by atoms with Gasteiger partial charge in [0, 0.05) is 38.7 Å². The van der Waals surface area contributed by atoms with E-state index in [2.05, 4.69) is 52.2 Å². The molecule has 0 radical (unpaired) electrons. The summed E-state index contributed by atoms with van der Waals surface area (Å²) in [5.41, 5.74) is 5.70. The minimum atomic E-state index is -0.611. The summed E-state index contributed by atoms with van der Waals surface area (Å²) in [4.78, 5) is 33.1. The molecule has 0 bridgehead atoms. The van der Waals surface area contributed by atoms with Crippen LogP contribution in [0.4, 0.5) is 0 Å². The molecule has 2 N–H and O–H groups in total. The molecule has 184 valence electrons. The van der Waals surface area contributed by atoms with Crippen LogP contribution in [0, 0.1) is 12.8 Å². The molecule has 5 nitrogen and oxygen atoms in total. The Morgan fingerprint density at radius 3 is 2.61 bits per heavy atom. The molecular formula is C30H30BrN3O2. The van der Waals surface area contributed by atoms with E-state index in [4.69, 9.17) is 0 Å². The van der Waals surface area contributed by atoms with Gasteiger partial charge in [0.1, 0.15) is 6.04 Å². The van der Waals surface area contributed by atoms with Gasteiger partial charge in [-0.2, -0.15) is 0 Å². The van der Waals surface area contributed by atoms with Crippen molar-refractivity contribution in [3.63, 3.8) is 0 Å². The normalized spacial score (nSPS) is 16.7. The molecule has 3 aromatic carbocycles. The predicted molar refractivity (Wildman–Crippen MR) is 147 cm³/mol. The molecule has 2 heterocycles. The molecule has 2 amide bonds. The lowest BCUT2D eigenvalue weighted by Gasteiger charge is -2.36. The van der Waals surface area contributed by atoms with Gasteiger partial charge in [-0.05, 0) is 48.2 Å². The Bertz CT molecular complexity index is 1440. The maximum Gasteiger partial charge on any atom is 0.255 e. The molecule has 5 rings (SSSR count). The Morgan fingerprint density at radius 2 is 1.83 bits per heavy atom. The summed E-state index contributed by atoms with van der Waals surface area (Å²) in [6.07, 6.45) is 0.773. The van der Waals surface area contributed by atoms with Crippen LogP contribution in [0.25, 0.3) is 10.9 Å². The third-order valence-corrected chi connectivity index (χ3v) is 7.82. The number of rotatable bonds is 7. The third-order valence-electron chi connectivity index (χ3n) is 7.32. The maximum absolute atomic E-state index is 14.0. The van der Waals surface area contributed by atoms with Crippen molar-refractivity contribution in [2.45, 2.75) is 45.8 Å². The first kappa shape index (κ1) is 24.3. The minimum absolute atomic E-state index is 0.0289. The van der Waals surface area contributed by atoms with Crippen LogP contribution in [0.1, 0.15) is 59.1 Å². The number of carbonyl (C=O) groups excluding carboxylic acids is 2. The van der Waals surface area contributed by atoms with Crippen molar-refractivity contribution in [1.29, 1.82) is 0 Å². The van der Waals surface area contributed by atoms with Crippen LogP contribution in [0.3, 0.4) is 0 Å². The van der Waals surface area contributed by atoms with Gasteiger partial charge in [-0.3, -0.25) is 9.59 Å². The molecule has 0 fully saturated rings. The van der Waals surface area contributed by atoms with Crippen molar-refractivity contribution >= 4 is 38.6 Å². The number of hydrogen-bond donors (Lipinski definition) is 2. The number of benzene rings is 3. The molecule has 3 atom stereocenters. The van der Waals surface area contributed by atoms with E-state index in [9.17, 15) is 9.59 Å². The fourth-order valence-corrected chi connectivity index (χ4v) is 5.84. The number of nitrogens with one attached hydrogen (secondary N) is 2. The lowest BCUT2D eigenvalue weighted by molar-refractivity contribution is -0.128. The summed E-state index contributed by atoms with van der Waals surface area (Å²) >= 11 is 3.50. The molecular weight excluding hydrogens is 514 g/mol. The number of fused-ring (bicyclic) bond motifs is 2. The van der Waals surface area contributed by atoms with Crippen molar-refractivity contribution in [2.75, 3.05) is 0 Å². The first-order chi connectivity index (χ1) is 17.4. The maximum atomic E-state index is 14.0. The lowest BCUT2D eigenvalue weighted by atomic mass is 9.91. The Labute approximate surface area is 220 Å². The molecule has 1 aromatic heterocycles. The van der Waals surface area contributed by atoms with E-state index in [-0.39, 0.29) is 23.8 Å². The van der Waals surface area contributed by atoms with Gasteiger partial charge in [-0.25, -0.2) is 0 Å². The van der Waals surface area contributed by atoms with Crippen LogP contribution in [-0.2, 0) is 11.3 Å². The van der Waals surface area contributed by atoms with Gasteiger partial charge in [-0.15, -0.1) is 0 Å². The van der Waals surface area contributed by atoms with Gasteiger partial charge in [0.15, 0.2) is 0 Å². The number of carbonyl (C=O) groups is 2. The molecule has 0 saturated heterocycles. The number of nitrogens with zero attached hydrogens (tertiary/aromatic N) is 1. The van der Waals surface area contributed by atoms with Crippen molar-refractivity contribution in [1.82, 2.24) is 15.2 Å². The van der Waals surface area contributed by atoms with Crippen LogP contribution in [-0.4, -0.2) is 27.7 Å². The predicted octanol–water partition coefficient (Wildman–Crippen LogP) is 6.52. The zero-order chi connectivity index (χ0) is 25.4. The number of para-hydroxylation sites is 1. The Morgan fingerprint density at radius 1 is 1.08 bits per heavy atom. The highest BCUT2D eigenvalue weighted by molar-refractivity contribution is 9.10. The van der Waals surface area contributed by atoms with Crippen LogP contribution in [0.5, 0.6) is 0 Å². The van der Waals surface area contributed by atoms with Crippen LogP contribution in [0.15, 0.2) is 77.3 Å². The van der Waals surface area contributed by atoms with Crippen LogP contribution >= 0.6 is 15.9 Å². The fourth-order valence-electron chi connectivity index (χ4n) is 5.39. The Kier molecular flexibility index (Phi) is 6.71. The fraction of sp³-hybridized carbons (Fsp3) is 0.267. The third kappa shape index (κ3) is 4.24. The summed E-state index contributed by atoms with van der Waals surface area (Å²) in [7, 11) is 0. The zero-order valence-corrected chi connectivity index (χ0v) is 22.3. The quantitative estimate of drug-likeness (QED) is 0.279. The number of halogens is 1. The zero-order valence-electron chi connectivity index (χ0n) is 20.7. The minimum Gasteiger partial charge on any atom is -0.358 e. The highest BCUT2D eigenvalue weighted by Crippen LogP contribution is 2.44. The van der Waals surface area contributed by atoms with Gasteiger partial charge in [-0.1, -0.05) is 84.7 Å². The monoisotopic (exact) mass is 543 g/mol. The second kappa shape index (κ2) is 9.94. The number of aromatic nitrogens is 1. The first-order valence-electron chi connectivity index (χ1n) is 12.4. The van der Waals surface area contributed by atoms with E-state index >= 15 is 0 Å². The molecule has 36 heavy (non-hydrogen) atoms. The summed E-state index contributed by atoms with van der Waals surface area (Å²) in [5, 5.41) is 4.20. The van der Waals surface area contributed by atoms with Gasteiger partial charge < -0.3 is 15.2 Å². The van der Waals surface area contributed by atoms with Crippen molar-refractivity contribution < 1.29 is 9.59 Å². The van der Waals surface area contributed by atoms with Gasteiger partial charge in [0.2, 0.25) is 5.91 Å². The van der Waals surface area contributed by atoms with Gasteiger partial charge in [0.05, 0.1) is 6.04 Å². The first-order valence-corrected chi connectivity index (χ1v) is 13.2. The summed E-state index contributed by atoms with van der Waals surface area (Å²) in [6, 6.07) is 22.9. The smallest absolute Gasteiger partial charge is 0.255 e. The highest BCUT2D eigenvalue weighted by Gasteiger charge is 2.46.